The largest absolute Gasteiger partial charge is 0.330 e. The van der Waals surface area contributed by atoms with Gasteiger partial charge in [-0.25, -0.2) is 12.8 Å². The predicted molar refractivity (Wildman–Crippen MR) is 74.1 cm³/mol. The topological polar surface area (TPSA) is 60.2 Å². The van der Waals surface area contributed by atoms with Gasteiger partial charge in [0.15, 0.2) is 9.84 Å². The van der Waals surface area contributed by atoms with Crippen LogP contribution >= 0.6 is 0 Å². The fourth-order valence-corrected chi connectivity index (χ4v) is 4.73. The molecule has 1 saturated heterocycles. The van der Waals surface area contributed by atoms with E-state index < -0.39 is 9.84 Å². The molecule has 2 unspecified atom stereocenters. The van der Waals surface area contributed by atoms with E-state index in [1.54, 1.807) is 6.07 Å². The van der Waals surface area contributed by atoms with E-state index in [-0.39, 0.29) is 29.2 Å². The lowest BCUT2D eigenvalue weighted by atomic mass is 9.85. The Morgan fingerprint density at radius 3 is 2.74 bits per heavy atom. The zero-order valence-corrected chi connectivity index (χ0v) is 11.9. The molecule has 1 aliphatic rings. The van der Waals surface area contributed by atoms with E-state index in [1.165, 1.54) is 12.1 Å². The van der Waals surface area contributed by atoms with Gasteiger partial charge >= 0.3 is 0 Å². The number of hydrogen-bond acceptors (Lipinski definition) is 3. The predicted octanol–water partition coefficient (Wildman–Crippen LogP) is 1.69. The zero-order chi connectivity index (χ0) is 14.0. The van der Waals surface area contributed by atoms with Crippen molar-refractivity contribution in [2.75, 3.05) is 18.1 Å². The summed E-state index contributed by atoms with van der Waals surface area (Å²) in [5.74, 6) is 0.570. The van der Waals surface area contributed by atoms with Crippen LogP contribution in [0.3, 0.4) is 0 Å². The quantitative estimate of drug-likeness (QED) is 0.915. The van der Waals surface area contributed by atoms with Gasteiger partial charge in [0.1, 0.15) is 5.82 Å². The molecule has 0 radical (unpaired) electrons. The van der Waals surface area contributed by atoms with E-state index in [0.29, 0.717) is 13.0 Å². The van der Waals surface area contributed by atoms with Crippen molar-refractivity contribution in [3.63, 3.8) is 0 Å². The Bertz CT molecular complexity index is 557. The smallest absolute Gasteiger partial charge is 0.150 e. The number of sulfone groups is 1. The standard InChI is InChI=1S/C14H20FNO2S/c1-10-6-14(15)3-2-11(10)7-13(8-16)12-4-5-19(17,18)9-12/h2-3,6,12-13H,4-5,7-9,16H2,1H3. The van der Waals surface area contributed by atoms with Gasteiger partial charge in [0, 0.05) is 0 Å². The van der Waals surface area contributed by atoms with Crippen LogP contribution in [0.2, 0.25) is 0 Å². The van der Waals surface area contributed by atoms with Crippen molar-refractivity contribution >= 4 is 9.84 Å². The summed E-state index contributed by atoms with van der Waals surface area (Å²) in [6.45, 7) is 2.34. The van der Waals surface area contributed by atoms with E-state index in [4.69, 9.17) is 5.73 Å². The molecule has 2 atom stereocenters. The van der Waals surface area contributed by atoms with Crippen molar-refractivity contribution in [3.05, 3.63) is 35.1 Å². The molecule has 0 aliphatic carbocycles. The first-order valence-corrected chi connectivity index (χ1v) is 8.39. The minimum absolute atomic E-state index is 0.138. The van der Waals surface area contributed by atoms with Crippen LogP contribution < -0.4 is 5.73 Å². The van der Waals surface area contributed by atoms with Gasteiger partial charge in [-0.3, -0.25) is 0 Å². The molecule has 19 heavy (non-hydrogen) atoms. The van der Waals surface area contributed by atoms with Crippen molar-refractivity contribution in [2.24, 2.45) is 17.6 Å². The van der Waals surface area contributed by atoms with Crippen molar-refractivity contribution in [1.82, 2.24) is 0 Å². The molecule has 1 aromatic carbocycles. The Labute approximate surface area is 113 Å². The third-order valence-electron chi connectivity index (χ3n) is 4.02. The fraction of sp³-hybridized carbons (Fsp3) is 0.571. The summed E-state index contributed by atoms with van der Waals surface area (Å²) < 4.78 is 36.1. The van der Waals surface area contributed by atoms with Crippen molar-refractivity contribution < 1.29 is 12.8 Å². The Kier molecular flexibility index (Phi) is 4.26. The summed E-state index contributed by atoms with van der Waals surface area (Å²) >= 11 is 0. The van der Waals surface area contributed by atoms with Gasteiger partial charge in [0.25, 0.3) is 0 Å². The molecule has 2 N–H and O–H groups in total. The maximum atomic E-state index is 13.1. The average Bonchev–Trinajstić information content (AvgIpc) is 2.69. The molecule has 3 nitrogen and oxygen atoms in total. The molecule has 1 aliphatic heterocycles. The van der Waals surface area contributed by atoms with Gasteiger partial charge in [0.2, 0.25) is 0 Å². The molecule has 0 saturated carbocycles. The first-order chi connectivity index (χ1) is 8.91. The molecule has 0 bridgehead atoms. The Morgan fingerprint density at radius 2 is 2.21 bits per heavy atom. The highest BCUT2D eigenvalue weighted by atomic mass is 32.2. The van der Waals surface area contributed by atoms with Gasteiger partial charge < -0.3 is 5.73 Å². The van der Waals surface area contributed by atoms with Gasteiger partial charge in [-0.05, 0) is 61.4 Å². The number of hydrogen-bond donors (Lipinski definition) is 1. The number of aryl methyl sites for hydroxylation is 1. The van der Waals surface area contributed by atoms with Crippen LogP contribution in [-0.2, 0) is 16.3 Å². The Hall–Kier alpha value is -0.940. The number of halogens is 1. The Morgan fingerprint density at radius 1 is 1.47 bits per heavy atom. The second kappa shape index (κ2) is 5.59. The molecule has 0 amide bonds. The van der Waals surface area contributed by atoms with E-state index in [9.17, 15) is 12.8 Å². The number of benzene rings is 1. The summed E-state index contributed by atoms with van der Waals surface area (Å²) in [7, 11) is -2.88. The second-order valence-electron chi connectivity index (χ2n) is 5.43. The van der Waals surface area contributed by atoms with Gasteiger partial charge in [0.05, 0.1) is 11.5 Å². The number of nitrogens with two attached hydrogens (primary N) is 1. The minimum atomic E-state index is -2.88. The first-order valence-electron chi connectivity index (χ1n) is 6.57. The van der Waals surface area contributed by atoms with Crippen molar-refractivity contribution in [1.29, 1.82) is 0 Å². The molecule has 0 spiro atoms. The highest BCUT2D eigenvalue weighted by Crippen LogP contribution is 2.28. The monoisotopic (exact) mass is 285 g/mol. The summed E-state index contributed by atoms with van der Waals surface area (Å²) in [5, 5.41) is 0. The van der Waals surface area contributed by atoms with E-state index in [0.717, 1.165) is 17.5 Å². The lowest BCUT2D eigenvalue weighted by molar-refractivity contribution is 0.370. The molecule has 106 valence electrons. The van der Waals surface area contributed by atoms with Gasteiger partial charge in [-0.15, -0.1) is 0 Å². The third-order valence-corrected chi connectivity index (χ3v) is 5.82. The molecule has 1 fully saturated rings. The van der Waals surface area contributed by atoms with Crippen molar-refractivity contribution in [3.8, 4) is 0 Å². The zero-order valence-electron chi connectivity index (χ0n) is 11.1. The highest BCUT2D eigenvalue weighted by Gasteiger charge is 2.33. The van der Waals surface area contributed by atoms with Crippen LogP contribution in [0.4, 0.5) is 4.39 Å². The summed E-state index contributed by atoms with van der Waals surface area (Å²) in [5.41, 5.74) is 7.76. The maximum absolute atomic E-state index is 13.1. The highest BCUT2D eigenvalue weighted by molar-refractivity contribution is 7.91. The SMILES string of the molecule is Cc1cc(F)ccc1CC(CN)C1CCS(=O)(=O)C1. The Balaban J connectivity index is 2.11. The summed E-state index contributed by atoms with van der Waals surface area (Å²) in [6, 6.07) is 4.73. The third kappa shape index (κ3) is 3.54. The van der Waals surface area contributed by atoms with E-state index in [1.807, 2.05) is 6.92 Å². The van der Waals surface area contributed by atoms with Crippen LogP contribution in [0.5, 0.6) is 0 Å². The average molecular weight is 285 g/mol. The normalized spacial score (nSPS) is 23.4. The van der Waals surface area contributed by atoms with E-state index >= 15 is 0 Å². The lowest BCUT2D eigenvalue weighted by Crippen LogP contribution is -2.26. The van der Waals surface area contributed by atoms with Gasteiger partial charge in [-0.2, -0.15) is 0 Å². The first kappa shape index (κ1) is 14.5. The second-order valence-corrected chi connectivity index (χ2v) is 7.66. The molecular formula is C14H20FNO2S. The lowest BCUT2D eigenvalue weighted by Gasteiger charge is -2.21. The molecule has 1 aromatic rings. The molecular weight excluding hydrogens is 265 g/mol. The molecule has 1 heterocycles. The van der Waals surface area contributed by atoms with Crippen LogP contribution in [0.25, 0.3) is 0 Å². The fourth-order valence-electron chi connectivity index (χ4n) is 2.81. The van der Waals surface area contributed by atoms with Crippen LogP contribution in [0.15, 0.2) is 18.2 Å². The number of rotatable bonds is 4. The van der Waals surface area contributed by atoms with Crippen LogP contribution in [0, 0.1) is 24.6 Å². The van der Waals surface area contributed by atoms with Crippen molar-refractivity contribution in [2.45, 2.75) is 19.8 Å². The molecule has 2 rings (SSSR count). The summed E-state index contributed by atoms with van der Waals surface area (Å²) in [4.78, 5) is 0. The maximum Gasteiger partial charge on any atom is 0.150 e. The molecule has 5 heteroatoms. The van der Waals surface area contributed by atoms with E-state index in [2.05, 4.69) is 0 Å². The summed E-state index contributed by atoms with van der Waals surface area (Å²) in [6.07, 6.45) is 1.42. The van der Waals surface area contributed by atoms with Crippen LogP contribution in [-0.4, -0.2) is 26.5 Å². The molecule has 0 aromatic heterocycles. The minimum Gasteiger partial charge on any atom is -0.330 e. The van der Waals surface area contributed by atoms with Gasteiger partial charge in [-0.1, -0.05) is 6.07 Å². The van der Waals surface area contributed by atoms with Crippen LogP contribution in [0.1, 0.15) is 17.5 Å².